The Morgan fingerprint density at radius 2 is 1.84 bits per heavy atom. The van der Waals surface area contributed by atoms with Crippen molar-refractivity contribution in [3.8, 4) is 11.5 Å². The van der Waals surface area contributed by atoms with Crippen molar-refractivity contribution in [3.05, 3.63) is 34.2 Å². The molecule has 3 rings (SSSR count). The second-order valence-corrected chi connectivity index (χ2v) is 5.85. The standard InChI is InChI=1S/C16H18O9/c1-6-2-8(18)12-9(19)3-7(4-10(12)23-6)24-16-15(22)14(21)13(20)11(5-17)25-16/h2-4,11,13-17,19-22H,5H2,1H3/t11-,13-,14+,15-,16-/m1/s1. The predicted molar refractivity (Wildman–Crippen MR) is 83.3 cm³/mol. The summed E-state index contributed by atoms with van der Waals surface area (Å²) in [7, 11) is 0. The number of aromatic hydroxyl groups is 1. The lowest BCUT2D eigenvalue weighted by Crippen LogP contribution is -2.60. The highest BCUT2D eigenvalue weighted by Gasteiger charge is 2.44. The van der Waals surface area contributed by atoms with Gasteiger partial charge in [-0.1, -0.05) is 0 Å². The van der Waals surface area contributed by atoms with Crippen LogP contribution in [-0.2, 0) is 4.74 Å². The molecule has 2 aromatic rings. The molecule has 5 atom stereocenters. The van der Waals surface area contributed by atoms with E-state index >= 15 is 0 Å². The highest BCUT2D eigenvalue weighted by atomic mass is 16.7. The maximum Gasteiger partial charge on any atom is 0.229 e. The van der Waals surface area contributed by atoms with Gasteiger partial charge < -0.3 is 39.4 Å². The van der Waals surface area contributed by atoms with Crippen LogP contribution in [0.25, 0.3) is 11.0 Å². The van der Waals surface area contributed by atoms with E-state index in [1.165, 1.54) is 12.1 Å². The molecule has 1 fully saturated rings. The van der Waals surface area contributed by atoms with Gasteiger partial charge in [0.2, 0.25) is 6.29 Å². The zero-order chi connectivity index (χ0) is 18.3. The second kappa shape index (κ2) is 6.62. The molecule has 9 nitrogen and oxygen atoms in total. The van der Waals surface area contributed by atoms with Crippen LogP contribution < -0.4 is 10.2 Å². The Morgan fingerprint density at radius 1 is 1.12 bits per heavy atom. The molecule has 1 aliphatic rings. The number of aliphatic hydroxyl groups is 4. The van der Waals surface area contributed by atoms with Crippen molar-refractivity contribution in [2.75, 3.05) is 6.61 Å². The van der Waals surface area contributed by atoms with E-state index in [1.54, 1.807) is 6.92 Å². The Hall–Kier alpha value is -2.17. The van der Waals surface area contributed by atoms with Gasteiger partial charge in [0.15, 0.2) is 5.43 Å². The quantitative estimate of drug-likeness (QED) is 0.467. The third kappa shape index (κ3) is 3.20. The van der Waals surface area contributed by atoms with Crippen LogP contribution in [0.2, 0.25) is 0 Å². The molecule has 5 N–H and O–H groups in total. The second-order valence-electron chi connectivity index (χ2n) is 5.85. The molecule has 0 amide bonds. The largest absolute Gasteiger partial charge is 0.507 e. The number of aliphatic hydroxyl groups excluding tert-OH is 4. The van der Waals surface area contributed by atoms with Crippen LogP contribution in [0.4, 0.5) is 0 Å². The van der Waals surface area contributed by atoms with E-state index in [4.69, 9.17) is 13.9 Å². The van der Waals surface area contributed by atoms with Gasteiger partial charge in [0, 0.05) is 18.2 Å². The third-order valence-corrected chi connectivity index (χ3v) is 4.01. The van der Waals surface area contributed by atoms with Gasteiger partial charge in [0.05, 0.1) is 6.61 Å². The zero-order valence-electron chi connectivity index (χ0n) is 13.2. The summed E-state index contributed by atoms with van der Waals surface area (Å²) in [6.45, 7) is 0.977. The minimum absolute atomic E-state index is 0.00285. The van der Waals surface area contributed by atoms with Gasteiger partial charge in [-0.15, -0.1) is 0 Å². The Labute approximate surface area is 141 Å². The van der Waals surface area contributed by atoms with Crippen LogP contribution in [0.5, 0.6) is 11.5 Å². The molecule has 25 heavy (non-hydrogen) atoms. The number of ether oxygens (including phenoxy) is 2. The summed E-state index contributed by atoms with van der Waals surface area (Å²) in [4.78, 5) is 11.9. The maximum atomic E-state index is 11.9. The predicted octanol–water partition coefficient (Wildman–Crippen LogP) is -1.01. The van der Waals surface area contributed by atoms with Gasteiger partial charge >= 0.3 is 0 Å². The fourth-order valence-corrected chi connectivity index (χ4v) is 2.73. The van der Waals surface area contributed by atoms with Crippen LogP contribution >= 0.6 is 0 Å². The molecule has 1 saturated heterocycles. The van der Waals surface area contributed by atoms with Crippen LogP contribution in [0, 0.1) is 6.92 Å². The number of hydrogen-bond acceptors (Lipinski definition) is 9. The first-order chi connectivity index (χ1) is 11.8. The van der Waals surface area contributed by atoms with Gasteiger partial charge in [-0.2, -0.15) is 0 Å². The summed E-state index contributed by atoms with van der Waals surface area (Å²) < 4.78 is 16.0. The highest BCUT2D eigenvalue weighted by Crippen LogP contribution is 2.31. The Balaban J connectivity index is 1.93. The average molecular weight is 354 g/mol. The Kier molecular flexibility index (Phi) is 4.67. The van der Waals surface area contributed by atoms with Gasteiger partial charge in [0.25, 0.3) is 0 Å². The molecule has 1 aromatic heterocycles. The highest BCUT2D eigenvalue weighted by molar-refractivity contribution is 5.84. The van der Waals surface area contributed by atoms with Crippen molar-refractivity contribution >= 4 is 11.0 Å². The number of benzene rings is 1. The number of phenolic OH excluding ortho intramolecular Hbond substituents is 1. The van der Waals surface area contributed by atoms with Crippen LogP contribution in [0.15, 0.2) is 27.4 Å². The molecule has 0 spiro atoms. The number of hydrogen-bond donors (Lipinski definition) is 5. The SMILES string of the molecule is Cc1cc(=O)c2c(O)cc(O[C@@H]3O[C@H](CO)[C@@H](O)[C@H](O)[C@H]3O)cc2o1. The normalized spacial score (nSPS) is 29.7. The third-order valence-electron chi connectivity index (χ3n) is 4.01. The summed E-state index contributed by atoms with van der Waals surface area (Å²) in [5, 5.41) is 48.7. The van der Waals surface area contributed by atoms with E-state index in [2.05, 4.69) is 0 Å². The fraction of sp³-hybridized carbons (Fsp3) is 0.438. The van der Waals surface area contributed by atoms with Gasteiger partial charge in [-0.05, 0) is 6.92 Å². The Morgan fingerprint density at radius 3 is 2.52 bits per heavy atom. The lowest BCUT2D eigenvalue weighted by molar-refractivity contribution is -0.277. The minimum atomic E-state index is -1.60. The first kappa shape index (κ1) is 17.6. The molecule has 0 unspecified atom stereocenters. The van der Waals surface area contributed by atoms with E-state index in [9.17, 15) is 30.3 Å². The van der Waals surface area contributed by atoms with Crippen molar-refractivity contribution in [3.63, 3.8) is 0 Å². The minimum Gasteiger partial charge on any atom is -0.507 e. The summed E-state index contributed by atoms with van der Waals surface area (Å²) in [6.07, 6.45) is -7.24. The molecule has 1 aromatic carbocycles. The van der Waals surface area contributed by atoms with Crippen molar-refractivity contribution in [2.24, 2.45) is 0 Å². The molecule has 136 valence electrons. The van der Waals surface area contributed by atoms with Crippen LogP contribution in [-0.4, -0.2) is 62.8 Å². The fourth-order valence-electron chi connectivity index (χ4n) is 2.73. The van der Waals surface area contributed by atoms with E-state index in [1.807, 2.05) is 0 Å². The molecule has 0 radical (unpaired) electrons. The van der Waals surface area contributed by atoms with Crippen LogP contribution in [0.3, 0.4) is 0 Å². The average Bonchev–Trinajstić information content (AvgIpc) is 2.54. The van der Waals surface area contributed by atoms with E-state index in [0.29, 0.717) is 5.76 Å². The molecular weight excluding hydrogens is 336 g/mol. The molecule has 1 aliphatic heterocycles. The zero-order valence-corrected chi connectivity index (χ0v) is 13.2. The number of phenols is 1. The maximum absolute atomic E-state index is 11.9. The lowest BCUT2D eigenvalue weighted by atomic mass is 9.99. The monoisotopic (exact) mass is 354 g/mol. The first-order valence-electron chi connectivity index (χ1n) is 7.56. The number of fused-ring (bicyclic) bond motifs is 1. The van der Waals surface area contributed by atoms with Crippen molar-refractivity contribution in [1.82, 2.24) is 0 Å². The van der Waals surface area contributed by atoms with Crippen molar-refractivity contribution < 1.29 is 39.4 Å². The molecule has 0 aliphatic carbocycles. The van der Waals surface area contributed by atoms with E-state index in [0.717, 1.165) is 6.07 Å². The smallest absolute Gasteiger partial charge is 0.229 e. The molecule has 0 saturated carbocycles. The molecule has 0 bridgehead atoms. The summed E-state index contributed by atoms with van der Waals surface area (Å²) in [6, 6.07) is 3.70. The lowest BCUT2D eigenvalue weighted by Gasteiger charge is -2.39. The molecule has 2 heterocycles. The van der Waals surface area contributed by atoms with Gasteiger partial charge in [0.1, 0.15) is 52.6 Å². The van der Waals surface area contributed by atoms with Gasteiger partial charge in [-0.3, -0.25) is 4.79 Å². The van der Waals surface area contributed by atoms with Gasteiger partial charge in [-0.25, -0.2) is 0 Å². The van der Waals surface area contributed by atoms with E-state index in [-0.39, 0.29) is 22.5 Å². The van der Waals surface area contributed by atoms with Crippen molar-refractivity contribution in [1.29, 1.82) is 0 Å². The molecule has 9 heteroatoms. The summed E-state index contributed by atoms with van der Waals surface area (Å²) >= 11 is 0. The summed E-state index contributed by atoms with van der Waals surface area (Å²) in [5.41, 5.74) is -0.347. The topological polar surface area (TPSA) is 150 Å². The number of aryl methyl sites for hydroxylation is 1. The Bertz CT molecular complexity index is 828. The van der Waals surface area contributed by atoms with Crippen LogP contribution in [0.1, 0.15) is 5.76 Å². The first-order valence-corrected chi connectivity index (χ1v) is 7.56. The van der Waals surface area contributed by atoms with E-state index < -0.39 is 42.7 Å². The number of rotatable bonds is 3. The molecular formula is C16H18O9. The summed E-state index contributed by atoms with van der Waals surface area (Å²) in [5.74, 6) is -0.0455. The van der Waals surface area contributed by atoms with Crippen molar-refractivity contribution in [2.45, 2.75) is 37.6 Å².